The zero-order valence-electron chi connectivity index (χ0n) is 10.3. The van der Waals surface area contributed by atoms with Gasteiger partial charge in [0.05, 0.1) is 17.3 Å². The molecule has 0 aliphatic carbocycles. The maximum Gasteiger partial charge on any atom is 0.416 e. The zero-order valence-corrected chi connectivity index (χ0v) is 10.3. The molecule has 0 amide bonds. The van der Waals surface area contributed by atoms with Gasteiger partial charge in [0.25, 0.3) is 0 Å². The average Bonchev–Trinajstić information content (AvgIpc) is 2.64. The summed E-state index contributed by atoms with van der Waals surface area (Å²) in [5, 5.41) is 12.4. The van der Waals surface area contributed by atoms with Crippen molar-refractivity contribution >= 4 is 0 Å². The Balaban J connectivity index is 2.59. The molecule has 5 nitrogen and oxygen atoms in total. The van der Waals surface area contributed by atoms with Gasteiger partial charge in [0.15, 0.2) is 0 Å². The second-order valence-corrected chi connectivity index (χ2v) is 4.03. The highest BCUT2D eigenvalue weighted by Gasteiger charge is 2.30. The molecule has 0 fully saturated rings. The van der Waals surface area contributed by atoms with E-state index in [0.717, 1.165) is 21.4 Å². The molecule has 0 aliphatic heterocycles. The van der Waals surface area contributed by atoms with Crippen LogP contribution in [0.1, 0.15) is 11.4 Å². The van der Waals surface area contributed by atoms with E-state index in [4.69, 9.17) is 5.26 Å². The third-order valence-electron chi connectivity index (χ3n) is 2.65. The first-order valence-electron chi connectivity index (χ1n) is 5.55. The van der Waals surface area contributed by atoms with Gasteiger partial charge in [0.1, 0.15) is 12.4 Å². The van der Waals surface area contributed by atoms with Gasteiger partial charge in [-0.15, -0.1) is 0 Å². The summed E-state index contributed by atoms with van der Waals surface area (Å²) in [6.07, 6.45) is -4.49. The number of nitrogens with zero attached hydrogens (tertiary/aromatic N) is 4. The van der Waals surface area contributed by atoms with E-state index >= 15 is 0 Å². The smallest absolute Gasteiger partial charge is 0.247 e. The molecule has 0 aliphatic rings. The molecule has 0 unspecified atom stereocenters. The lowest BCUT2D eigenvalue weighted by molar-refractivity contribution is -0.137. The molecule has 0 radical (unpaired) electrons. The van der Waals surface area contributed by atoms with Crippen LogP contribution in [-0.4, -0.2) is 14.3 Å². The Hall–Kier alpha value is -2.56. The fourth-order valence-electron chi connectivity index (χ4n) is 1.80. The van der Waals surface area contributed by atoms with Gasteiger partial charge in [-0.3, -0.25) is 0 Å². The third kappa shape index (κ3) is 2.42. The van der Waals surface area contributed by atoms with Crippen LogP contribution in [0.15, 0.2) is 29.1 Å². The first-order chi connectivity index (χ1) is 9.34. The van der Waals surface area contributed by atoms with Crippen LogP contribution in [-0.2, 0) is 12.7 Å². The van der Waals surface area contributed by atoms with Crippen molar-refractivity contribution in [1.29, 1.82) is 5.26 Å². The monoisotopic (exact) mass is 282 g/mol. The largest absolute Gasteiger partial charge is 0.416 e. The number of alkyl halides is 3. The number of hydrogen-bond acceptors (Lipinski definition) is 3. The summed E-state index contributed by atoms with van der Waals surface area (Å²) in [5.41, 5.74) is -1.44. The van der Waals surface area contributed by atoms with Crippen molar-refractivity contribution in [3.63, 3.8) is 0 Å². The van der Waals surface area contributed by atoms with Gasteiger partial charge in [-0.1, -0.05) is 6.07 Å². The van der Waals surface area contributed by atoms with Crippen LogP contribution in [0.2, 0.25) is 0 Å². The third-order valence-corrected chi connectivity index (χ3v) is 2.65. The molecule has 0 N–H and O–H groups in total. The topological polar surface area (TPSA) is 63.6 Å². The average molecular weight is 282 g/mol. The van der Waals surface area contributed by atoms with Gasteiger partial charge < -0.3 is 0 Å². The second kappa shape index (κ2) is 4.85. The number of halogens is 3. The van der Waals surface area contributed by atoms with Crippen molar-refractivity contribution in [3.8, 4) is 11.8 Å². The molecular weight excluding hydrogens is 273 g/mol. The van der Waals surface area contributed by atoms with E-state index in [-0.39, 0.29) is 18.1 Å². The molecule has 8 heteroatoms. The highest BCUT2D eigenvalue weighted by atomic mass is 19.4. The minimum absolute atomic E-state index is 0.0616. The summed E-state index contributed by atoms with van der Waals surface area (Å²) in [6, 6.07) is 6.14. The lowest BCUT2D eigenvalue weighted by Gasteiger charge is -2.09. The van der Waals surface area contributed by atoms with Gasteiger partial charge in [-0.2, -0.15) is 28.2 Å². The first-order valence-corrected chi connectivity index (χ1v) is 5.55. The van der Waals surface area contributed by atoms with E-state index in [1.807, 2.05) is 0 Å². The van der Waals surface area contributed by atoms with Crippen LogP contribution in [0.5, 0.6) is 0 Å². The van der Waals surface area contributed by atoms with Crippen molar-refractivity contribution in [2.24, 2.45) is 0 Å². The quantitative estimate of drug-likeness (QED) is 0.844. The summed E-state index contributed by atoms with van der Waals surface area (Å²) >= 11 is 0. The van der Waals surface area contributed by atoms with Crippen molar-refractivity contribution in [3.05, 3.63) is 46.1 Å². The Morgan fingerprint density at radius 3 is 2.70 bits per heavy atom. The molecule has 0 saturated heterocycles. The molecule has 0 spiro atoms. The summed E-state index contributed by atoms with van der Waals surface area (Å²) in [7, 11) is 0. The van der Waals surface area contributed by atoms with Crippen LogP contribution in [0, 0.1) is 18.3 Å². The van der Waals surface area contributed by atoms with E-state index in [1.165, 1.54) is 19.1 Å². The molecule has 0 saturated carbocycles. The number of hydrogen-bond donors (Lipinski definition) is 0. The lowest BCUT2D eigenvalue weighted by Crippen LogP contribution is -2.24. The molecule has 0 bridgehead atoms. The molecule has 1 aromatic heterocycles. The minimum Gasteiger partial charge on any atom is -0.247 e. The van der Waals surface area contributed by atoms with E-state index < -0.39 is 17.4 Å². The van der Waals surface area contributed by atoms with Gasteiger partial charge >= 0.3 is 11.9 Å². The van der Waals surface area contributed by atoms with Crippen molar-refractivity contribution < 1.29 is 13.2 Å². The summed E-state index contributed by atoms with van der Waals surface area (Å²) < 4.78 is 39.9. The Labute approximate surface area is 111 Å². The number of rotatable bonds is 2. The van der Waals surface area contributed by atoms with E-state index in [2.05, 4.69) is 5.10 Å². The minimum atomic E-state index is -4.49. The van der Waals surface area contributed by atoms with Crippen LogP contribution in [0.4, 0.5) is 13.2 Å². The number of benzene rings is 1. The second-order valence-electron chi connectivity index (χ2n) is 4.03. The highest BCUT2D eigenvalue weighted by Crippen LogP contribution is 2.30. The molecule has 104 valence electrons. The molecule has 1 heterocycles. The predicted molar refractivity (Wildman–Crippen MR) is 63.2 cm³/mol. The fourth-order valence-corrected chi connectivity index (χ4v) is 1.80. The SMILES string of the molecule is Cc1nn(CC#N)c(=O)n1-c1cccc(C(F)(F)F)c1. The number of aromatic nitrogens is 3. The molecular formula is C12H9F3N4O. The summed E-state index contributed by atoms with van der Waals surface area (Å²) in [5.74, 6) is 0.213. The van der Waals surface area contributed by atoms with Crippen molar-refractivity contribution in [2.75, 3.05) is 0 Å². The highest BCUT2D eigenvalue weighted by molar-refractivity contribution is 5.37. The fraction of sp³-hybridized carbons (Fsp3) is 0.250. The standard InChI is InChI=1S/C12H9F3N4O/c1-8-17-18(6-5-16)11(20)19(8)10-4-2-3-9(7-10)12(13,14)15/h2-4,7H,6H2,1H3. The van der Waals surface area contributed by atoms with Crippen molar-refractivity contribution in [1.82, 2.24) is 14.3 Å². The van der Waals surface area contributed by atoms with E-state index in [9.17, 15) is 18.0 Å². The maximum atomic E-state index is 12.7. The van der Waals surface area contributed by atoms with Gasteiger partial charge in [0.2, 0.25) is 0 Å². The molecule has 2 aromatic rings. The first kappa shape index (κ1) is 13.9. The predicted octanol–water partition coefficient (Wildman–Crippen LogP) is 1.88. The van der Waals surface area contributed by atoms with E-state index in [0.29, 0.717) is 0 Å². The van der Waals surface area contributed by atoms with Crippen molar-refractivity contribution in [2.45, 2.75) is 19.6 Å². The van der Waals surface area contributed by atoms with Crippen LogP contribution < -0.4 is 5.69 Å². The lowest BCUT2D eigenvalue weighted by atomic mass is 10.2. The summed E-state index contributed by atoms with van der Waals surface area (Å²) in [4.78, 5) is 12.0. The molecule has 20 heavy (non-hydrogen) atoms. The summed E-state index contributed by atoms with van der Waals surface area (Å²) in [6.45, 7) is 1.22. The van der Waals surface area contributed by atoms with Crippen LogP contribution >= 0.6 is 0 Å². The van der Waals surface area contributed by atoms with Gasteiger partial charge in [-0.25, -0.2) is 9.36 Å². The Kier molecular flexibility index (Phi) is 3.36. The Morgan fingerprint density at radius 1 is 1.40 bits per heavy atom. The molecule has 0 atom stereocenters. The Morgan fingerprint density at radius 2 is 2.10 bits per heavy atom. The van der Waals surface area contributed by atoms with E-state index in [1.54, 1.807) is 6.07 Å². The Bertz CT molecular complexity index is 736. The normalized spacial score (nSPS) is 11.3. The number of aryl methyl sites for hydroxylation is 1. The van der Waals surface area contributed by atoms with Gasteiger partial charge in [0, 0.05) is 0 Å². The van der Waals surface area contributed by atoms with Gasteiger partial charge in [-0.05, 0) is 25.1 Å². The number of nitriles is 1. The zero-order chi connectivity index (χ0) is 14.9. The van der Waals surface area contributed by atoms with Crippen LogP contribution in [0.25, 0.3) is 5.69 Å². The maximum absolute atomic E-state index is 12.7. The molecule has 1 aromatic carbocycles. The molecule has 2 rings (SSSR count). The van der Waals surface area contributed by atoms with Crippen LogP contribution in [0.3, 0.4) is 0 Å².